The molecule has 0 saturated carbocycles. The van der Waals surface area contributed by atoms with Crippen molar-refractivity contribution >= 4 is 5.91 Å². The molecule has 0 radical (unpaired) electrons. The predicted octanol–water partition coefficient (Wildman–Crippen LogP) is 2.82. The van der Waals surface area contributed by atoms with Crippen LogP contribution >= 0.6 is 0 Å². The molecule has 4 rings (SSSR count). The molecule has 1 amide bonds. The zero-order valence-corrected chi connectivity index (χ0v) is 14.6. The summed E-state index contributed by atoms with van der Waals surface area (Å²) in [5.74, 6) is 1.76. The van der Waals surface area contributed by atoms with Gasteiger partial charge in [0.1, 0.15) is 5.60 Å². The van der Waals surface area contributed by atoms with Gasteiger partial charge in [-0.2, -0.15) is 0 Å². The standard InChI is InChI=1S/C20H26N2O3/c23-19(17-5-1-2-6-17)22-14-20(15-22)13-16(9-12-25-20)8-11-24-18-7-3-4-10-21-18/h1-4,7,10,16-17H,5-6,8-9,11-15H2/t16-/m0/s1. The van der Waals surface area contributed by atoms with Crippen molar-refractivity contribution in [1.29, 1.82) is 0 Å². The maximum absolute atomic E-state index is 12.5. The van der Waals surface area contributed by atoms with E-state index in [0.29, 0.717) is 24.3 Å². The Kier molecular flexibility index (Phi) is 4.75. The lowest BCUT2D eigenvalue weighted by atomic mass is 9.79. The third-order valence-electron chi connectivity index (χ3n) is 5.64. The van der Waals surface area contributed by atoms with Crippen LogP contribution in [0.4, 0.5) is 0 Å². The average Bonchev–Trinajstić information content (AvgIpc) is 3.15. The zero-order chi connectivity index (χ0) is 17.1. The molecular formula is C20H26N2O3. The minimum atomic E-state index is -0.102. The van der Waals surface area contributed by atoms with Gasteiger partial charge in [-0.3, -0.25) is 4.79 Å². The van der Waals surface area contributed by atoms with Crippen LogP contribution in [0.1, 0.15) is 32.1 Å². The topological polar surface area (TPSA) is 51.7 Å². The van der Waals surface area contributed by atoms with E-state index in [1.807, 2.05) is 23.1 Å². The number of hydrogen-bond donors (Lipinski definition) is 0. The van der Waals surface area contributed by atoms with Crippen LogP contribution in [0.3, 0.4) is 0 Å². The molecule has 3 aliphatic rings. The number of allylic oxidation sites excluding steroid dienone is 2. The Bertz CT molecular complexity index is 617. The summed E-state index contributed by atoms with van der Waals surface area (Å²) in [4.78, 5) is 18.6. The van der Waals surface area contributed by atoms with Gasteiger partial charge in [0, 0.05) is 24.8 Å². The van der Waals surface area contributed by atoms with E-state index in [9.17, 15) is 4.79 Å². The predicted molar refractivity (Wildman–Crippen MR) is 94.2 cm³/mol. The Morgan fingerprint density at radius 1 is 1.32 bits per heavy atom. The quantitative estimate of drug-likeness (QED) is 0.772. The molecule has 0 aromatic carbocycles. The molecule has 5 nitrogen and oxygen atoms in total. The number of nitrogens with zero attached hydrogens (tertiary/aromatic N) is 2. The van der Waals surface area contributed by atoms with Gasteiger partial charge in [-0.15, -0.1) is 0 Å². The molecule has 1 aliphatic carbocycles. The lowest BCUT2D eigenvalue weighted by Crippen LogP contribution is -2.67. The van der Waals surface area contributed by atoms with Crippen LogP contribution in [0.25, 0.3) is 0 Å². The summed E-state index contributed by atoms with van der Waals surface area (Å²) >= 11 is 0. The van der Waals surface area contributed by atoms with Crippen LogP contribution in [0, 0.1) is 11.8 Å². The second kappa shape index (κ2) is 7.16. The van der Waals surface area contributed by atoms with Gasteiger partial charge in [0.05, 0.1) is 19.7 Å². The SMILES string of the molecule is O=C(C1CC=CC1)N1CC2(C[C@@H](CCOc3ccccn3)CCO2)C1. The van der Waals surface area contributed by atoms with Crippen molar-refractivity contribution < 1.29 is 14.3 Å². The van der Waals surface area contributed by atoms with E-state index in [1.165, 1.54) is 0 Å². The van der Waals surface area contributed by atoms with Gasteiger partial charge in [0.15, 0.2) is 0 Å². The van der Waals surface area contributed by atoms with Crippen molar-refractivity contribution in [2.75, 3.05) is 26.3 Å². The number of ether oxygens (including phenoxy) is 2. The number of hydrogen-bond acceptors (Lipinski definition) is 4. The molecule has 0 unspecified atom stereocenters. The van der Waals surface area contributed by atoms with E-state index in [-0.39, 0.29) is 11.5 Å². The van der Waals surface area contributed by atoms with Crippen molar-refractivity contribution in [3.8, 4) is 5.88 Å². The van der Waals surface area contributed by atoms with Crippen LogP contribution in [-0.2, 0) is 9.53 Å². The Morgan fingerprint density at radius 3 is 2.92 bits per heavy atom. The first-order valence-corrected chi connectivity index (χ1v) is 9.36. The highest BCUT2D eigenvalue weighted by Gasteiger charge is 2.49. The summed E-state index contributed by atoms with van der Waals surface area (Å²) in [7, 11) is 0. The van der Waals surface area contributed by atoms with E-state index >= 15 is 0 Å². The molecule has 2 aliphatic heterocycles. The van der Waals surface area contributed by atoms with Gasteiger partial charge in [-0.1, -0.05) is 18.2 Å². The minimum absolute atomic E-state index is 0.102. The smallest absolute Gasteiger partial charge is 0.226 e. The summed E-state index contributed by atoms with van der Waals surface area (Å²) in [5.41, 5.74) is -0.102. The highest BCUT2D eigenvalue weighted by atomic mass is 16.5. The van der Waals surface area contributed by atoms with Crippen LogP contribution in [-0.4, -0.2) is 47.7 Å². The molecule has 1 aromatic heterocycles. The van der Waals surface area contributed by atoms with E-state index < -0.39 is 0 Å². The maximum atomic E-state index is 12.5. The molecule has 25 heavy (non-hydrogen) atoms. The van der Waals surface area contributed by atoms with Gasteiger partial charge >= 0.3 is 0 Å². The molecule has 5 heteroatoms. The molecule has 2 fully saturated rings. The van der Waals surface area contributed by atoms with Crippen molar-refractivity contribution in [3.63, 3.8) is 0 Å². The molecule has 0 bridgehead atoms. The molecule has 1 aromatic rings. The first kappa shape index (κ1) is 16.6. The van der Waals surface area contributed by atoms with Crippen LogP contribution in [0.2, 0.25) is 0 Å². The fraction of sp³-hybridized carbons (Fsp3) is 0.600. The Morgan fingerprint density at radius 2 is 2.16 bits per heavy atom. The van der Waals surface area contributed by atoms with Crippen molar-refractivity contribution in [3.05, 3.63) is 36.5 Å². The zero-order valence-electron chi connectivity index (χ0n) is 14.6. The maximum Gasteiger partial charge on any atom is 0.226 e. The Balaban J connectivity index is 1.22. The summed E-state index contributed by atoms with van der Waals surface area (Å²) in [5, 5.41) is 0. The van der Waals surface area contributed by atoms with Gasteiger partial charge in [0.25, 0.3) is 0 Å². The lowest BCUT2D eigenvalue weighted by Gasteiger charge is -2.53. The van der Waals surface area contributed by atoms with Gasteiger partial charge in [0.2, 0.25) is 11.8 Å². The number of carbonyl (C=O) groups is 1. The molecule has 3 heterocycles. The Labute approximate surface area is 149 Å². The van der Waals surface area contributed by atoms with E-state index in [2.05, 4.69) is 17.1 Å². The van der Waals surface area contributed by atoms with Crippen molar-refractivity contribution in [1.82, 2.24) is 9.88 Å². The fourth-order valence-electron chi connectivity index (χ4n) is 4.24. The average molecular weight is 342 g/mol. The fourth-order valence-corrected chi connectivity index (χ4v) is 4.24. The van der Waals surface area contributed by atoms with Crippen molar-refractivity contribution in [2.45, 2.75) is 37.7 Å². The number of aromatic nitrogens is 1. The third kappa shape index (κ3) is 3.71. The number of pyridine rings is 1. The van der Waals surface area contributed by atoms with Gasteiger partial charge in [-0.05, 0) is 44.1 Å². The largest absolute Gasteiger partial charge is 0.478 e. The third-order valence-corrected chi connectivity index (χ3v) is 5.64. The second-order valence-corrected chi connectivity index (χ2v) is 7.53. The lowest BCUT2D eigenvalue weighted by molar-refractivity contribution is -0.191. The summed E-state index contributed by atoms with van der Waals surface area (Å²) in [6, 6.07) is 5.71. The number of carbonyl (C=O) groups excluding carboxylic acids is 1. The second-order valence-electron chi connectivity index (χ2n) is 7.53. The molecule has 1 spiro atoms. The van der Waals surface area contributed by atoms with Gasteiger partial charge < -0.3 is 14.4 Å². The van der Waals surface area contributed by atoms with Crippen molar-refractivity contribution in [2.24, 2.45) is 11.8 Å². The molecule has 1 atom stereocenters. The van der Waals surface area contributed by atoms with Gasteiger partial charge in [-0.25, -0.2) is 4.98 Å². The van der Waals surface area contributed by atoms with E-state index in [1.54, 1.807) is 6.20 Å². The molecule has 134 valence electrons. The molecule has 2 saturated heterocycles. The number of rotatable bonds is 5. The normalized spacial score (nSPS) is 25.1. The monoisotopic (exact) mass is 342 g/mol. The first-order chi connectivity index (χ1) is 12.2. The van der Waals surface area contributed by atoms with E-state index in [4.69, 9.17) is 9.47 Å². The molecular weight excluding hydrogens is 316 g/mol. The summed E-state index contributed by atoms with van der Waals surface area (Å²) < 4.78 is 11.8. The number of likely N-dealkylation sites (tertiary alicyclic amines) is 1. The highest BCUT2D eigenvalue weighted by Crippen LogP contribution is 2.39. The highest BCUT2D eigenvalue weighted by molar-refractivity contribution is 5.80. The van der Waals surface area contributed by atoms with Crippen LogP contribution in [0.15, 0.2) is 36.5 Å². The van der Waals surface area contributed by atoms with Crippen LogP contribution < -0.4 is 4.74 Å². The van der Waals surface area contributed by atoms with E-state index in [0.717, 1.165) is 51.8 Å². The summed E-state index contributed by atoms with van der Waals surface area (Å²) in [6.45, 7) is 3.01. The first-order valence-electron chi connectivity index (χ1n) is 9.36. The minimum Gasteiger partial charge on any atom is -0.478 e. The number of amides is 1. The molecule has 0 N–H and O–H groups in total. The Hall–Kier alpha value is -1.88. The summed E-state index contributed by atoms with van der Waals surface area (Å²) in [6.07, 6.45) is 10.9. The van der Waals surface area contributed by atoms with Crippen LogP contribution in [0.5, 0.6) is 5.88 Å².